The summed E-state index contributed by atoms with van der Waals surface area (Å²) in [5.74, 6) is 1.30. The van der Waals surface area contributed by atoms with E-state index in [4.69, 9.17) is 4.74 Å². The normalized spacial score (nSPS) is 15.0. The van der Waals surface area contributed by atoms with Crippen molar-refractivity contribution in [3.63, 3.8) is 0 Å². The van der Waals surface area contributed by atoms with Crippen LogP contribution in [0.25, 0.3) is 0 Å². The molecule has 4 heteroatoms. The maximum absolute atomic E-state index is 11.6. The molecule has 2 rings (SSSR count). The van der Waals surface area contributed by atoms with Gasteiger partial charge in [0.15, 0.2) is 6.61 Å². The average Bonchev–Trinajstić information content (AvgIpc) is 2.25. The molecule has 1 heterocycles. The molecule has 1 saturated heterocycles. The summed E-state index contributed by atoms with van der Waals surface area (Å²) in [6.45, 7) is 6.85. The number of carbonyl (C=O) groups is 1. The van der Waals surface area contributed by atoms with E-state index < -0.39 is 0 Å². The highest BCUT2D eigenvalue weighted by Gasteiger charge is 2.17. The minimum absolute atomic E-state index is 0.0538. The Labute approximate surface area is 108 Å². The number of carbonyl (C=O) groups excluding carboxylic acids is 1. The van der Waals surface area contributed by atoms with Crippen LogP contribution in [-0.2, 0) is 4.79 Å². The van der Waals surface area contributed by atoms with Gasteiger partial charge in [0.1, 0.15) is 5.75 Å². The Morgan fingerprint density at radius 1 is 1.44 bits per heavy atom. The molecule has 0 spiro atoms. The third-order valence-corrected chi connectivity index (χ3v) is 3.14. The highest BCUT2D eigenvalue weighted by molar-refractivity contribution is 5.77. The first-order valence-electron chi connectivity index (χ1n) is 6.32. The van der Waals surface area contributed by atoms with E-state index in [0.717, 1.165) is 30.9 Å². The summed E-state index contributed by atoms with van der Waals surface area (Å²) in [4.78, 5) is 11.6. The Balaban J connectivity index is 1.74. The minimum Gasteiger partial charge on any atom is -0.484 e. The Morgan fingerprint density at radius 2 is 2.22 bits per heavy atom. The van der Waals surface area contributed by atoms with E-state index in [1.807, 2.05) is 32.0 Å². The largest absolute Gasteiger partial charge is 0.484 e. The van der Waals surface area contributed by atoms with Crippen molar-refractivity contribution < 1.29 is 9.53 Å². The second-order valence-corrected chi connectivity index (χ2v) is 4.89. The molecule has 0 bridgehead atoms. The molecule has 0 unspecified atom stereocenters. The molecule has 18 heavy (non-hydrogen) atoms. The molecule has 1 amide bonds. The summed E-state index contributed by atoms with van der Waals surface area (Å²) < 4.78 is 5.51. The van der Waals surface area contributed by atoms with Crippen LogP contribution in [0.5, 0.6) is 5.75 Å². The van der Waals surface area contributed by atoms with Gasteiger partial charge in [0.2, 0.25) is 0 Å². The highest BCUT2D eigenvalue weighted by atomic mass is 16.5. The fourth-order valence-electron chi connectivity index (χ4n) is 1.91. The van der Waals surface area contributed by atoms with Crippen molar-refractivity contribution in [3.05, 3.63) is 29.3 Å². The quantitative estimate of drug-likeness (QED) is 0.818. The van der Waals surface area contributed by atoms with Crippen molar-refractivity contribution in [1.82, 2.24) is 10.6 Å². The molecule has 0 aromatic heterocycles. The van der Waals surface area contributed by atoms with Gasteiger partial charge in [0, 0.05) is 25.6 Å². The van der Waals surface area contributed by atoms with E-state index in [1.54, 1.807) is 0 Å². The van der Waals surface area contributed by atoms with Gasteiger partial charge in [-0.25, -0.2) is 0 Å². The van der Waals surface area contributed by atoms with Gasteiger partial charge in [0.25, 0.3) is 5.91 Å². The van der Waals surface area contributed by atoms with Gasteiger partial charge < -0.3 is 15.4 Å². The number of ether oxygens (including phenoxy) is 1. The lowest BCUT2D eigenvalue weighted by Crippen LogP contribution is -2.48. The van der Waals surface area contributed by atoms with E-state index in [-0.39, 0.29) is 12.5 Å². The summed E-state index contributed by atoms with van der Waals surface area (Å²) in [5.41, 5.74) is 2.26. The van der Waals surface area contributed by atoms with E-state index in [2.05, 4.69) is 10.6 Å². The van der Waals surface area contributed by atoms with Gasteiger partial charge in [-0.2, -0.15) is 0 Å². The van der Waals surface area contributed by atoms with Crippen LogP contribution in [0.1, 0.15) is 11.1 Å². The third-order valence-electron chi connectivity index (χ3n) is 3.14. The Hall–Kier alpha value is -1.55. The standard InChI is InChI=1S/C14H20N2O2/c1-10-3-4-13(11(2)5-10)18-9-14(17)16-8-12-6-15-7-12/h3-5,12,15H,6-9H2,1-2H3,(H,16,17). The summed E-state index contributed by atoms with van der Waals surface area (Å²) in [6, 6.07) is 5.95. The van der Waals surface area contributed by atoms with E-state index in [0.29, 0.717) is 5.92 Å². The summed E-state index contributed by atoms with van der Waals surface area (Å²) in [7, 11) is 0. The zero-order valence-corrected chi connectivity index (χ0v) is 11.0. The number of rotatable bonds is 5. The first kappa shape index (κ1) is 12.9. The average molecular weight is 248 g/mol. The molecule has 0 aliphatic carbocycles. The number of hydrogen-bond acceptors (Lipinski definition) is 3. The number of hydrogen-bond donors (Lipinski definition) is 2. The summed E-state index contributed by atoms with van der Waals surface area (Å²) >= 11 is 0. The van der Waals surface area contributed by atoms with Crippen LogP contribution in [0.2, 0.25) is 0 Å². The minimum atomic E-state index is -0.0538. The second-order valence-electron chi connectivity index (χ2n) is 4.89. The molecular weight excluding hydrogens is 228 g/mol. The first-order chi connectivity index (χ1) is 8.65. The third kappa shape index (κ3) is 3.47. The van der Waals surface area contributed by atoms with Gasteiger partial charge >= 0.3 is 0 Å². The van der Waals surface area contributed by atoms with Crippen LogP contribution in [-0.4, -0.2) is 32.1 Å². The highest BCUT2D eigenvalue weighted by Crippen LogP contribution is 2.18. The second kappa shape index (κ2) is 5.87. The van der Waals surface area contributed by atoms with Crippen molar-refractivity contribution >= 4 is 5.91 Å². The van der Waals surface area contributed by atoms with E-state index in [1.165, 1.54) is 5.56 Å². The zero-order valence-electron chi connectivity index (χ0n) is 11.0. The molecular formula is C14H20N2O2. The smallest absolute Gasteiger partial charge is 0.257 e. The number of aryl methyl sites for hydroxylation is 2. The SMILES string of the molecule is Cc1ccc(OCC(=O)NCC2CNC2)c(C)c1. The molecule has 2 N–H and O–H groups in total. The fraction of sp³-hybridized carbons (Fsp3) is 0.500. The zero-order chi connectivity index (χ0) is 13.0. The van der Waals surface area contributed by atoms with Crippen molar-refractivity contribution in [2.75, 3.05) is 26.2 Å². The number of nitrogens with one attached hydrogen (secondary N) is 2. The molecule has 1 aromatic carbocycles. The molecule has 0 saturated carbocycles. The fourth-order valence-corrected chi connectivity index (χ4v) is 1.91. The molecule has 4 nitrogen and oxygen atoms in total. The van der Waals surface area contributed by atoms with Crippen LogP contribution < -0.4 is 15.4 Å². The molecule has 1 aromatic rings. The predicted octanol–water partition coefficient (Wildman–Crippen LogP) is 1.02. The lowest BCUT2D eigenvalue weighted by Gasteiger charge is -2.27. The topological polar surface area (TPSA) is 50.4 Å². The van der Waals surface area contributed by atoms with Crippen LogP contribution in [0, 0.1) is 19.8 Å². The van der Waals surface area contributed by atoms with Crippen LogP contribution >= 0.6 is 0 Å². The molecule has 1 fully saturated rings. The Kier molecular flexibility index (Phi) is 4.20. The van der Waals surface area contributed by atoms with Gasteiger partial charge in [0.05, 0.1) is 0 Å². The van der Waals surface area contributed by atoms with Crippen LogP contribution in [0.15, 0.2) is 18.2 Å². The maximum atomic E-state index is 11.6. The van der Waals surface area contributed by atoms with Gasteiger partial charge in [-0.3, -0.25) is 4.79 Å². The summed E-state index contributed by atoms with van der Waals surface area (Å²) in [5, 5.41) is 6.05. The van der Waals surface area contributed by atoms with Gasteiger partial charge in [-0.1, -0.05) is 17.7 Å². The monoisotopic (exact) mass is 248 g/mol. The van der Waals surface area contributed by atoms with Crippen molar-refractivity contribution in [1.29, 1.82) is 0 Å². The summed E-state index contributed by atoms with van der Waals surface area (Å²) in [6.07, 6.45) is 0. The molecule has 1 aliphatic rings. The van der Waals surface area contributed by atoms with E-state index in [9.17, 15) is 4.79 Å². The lowest BCUT2D eigenvalue weighted by molar-refractivity contribution is -0.123. The predicted molar refractivity (Wildman–Crippen MR) is 70.8 cm³/mol. The van der Waals surface area contributed by atoms with Crippen molar-refractivity contribution in [2.24, 2.45) is 5.92 Å². The Bertz CT molecular complexity index is 428. The molecule has 98 valence electrons. The van der Waals surface area contributed by atoms with Crippen molar-refractivity contribution in [2.45, 2.75) is 13.8 Å². The first-order valence-corrected chi connectivity index (χ1v) is 6.32. The maximum Gasteiger partial charge on any atom is 0.257 e. The van der Waals surface area contributed by atoms with Gasteiger partial charge in [-0.15, -0.1) is 0 Å². The molecule has 1 aliphatic heterocycles. The molecule has 0 atom stereocenters. The molecule has 0 radical (unpaired) electrons. The van der Waals surface area contributed by atoms with Crippen LogP contribution in [0.4, 0.5) is 0 Å². The van der Waals surface area contributed by atoms with Crippen LogP contribution in [0.3, 0.4) is 0 Å². The van der Waals surface area contributed by atoms with Gasteiger partial charge in [-0.05, 0) is 25.5 Å². The number of benzene rings is 1. The Morgan fingerprint density at radius 3 is 2.83 bits per heavy atom. The van der Waals surface area contributed by atoms with Crippen molar-refractivity contribution in [3.8, 4) is 5.75 Å². The van der Waals surface area contributed by atoms with E-state index >= 15 is 0 Å². The number of amides is 1. The lowest BCUT2D eigenvalue weighted by atomic mass is 10.0.